The van der Waals surface area contributed by atoms with Crippen molar-refractivity contribution in [2.75, 3.05) is 12.4 Å². The molecular formula is C26H25N3O2S. The Labute approximate surface area is 193 Å². The van der Waals surface area contributed by atoms with Gasteiger partial charge in [0.25, 0.3) is 5.91 Å². The molecule has 0 aliphatic carbocycles. The molecule has 0 fully saturated rings. The van der Waals surface area contributed by atoms with E-state index in [4.69, 9.17) is 17.0 Å². The van der Waals surface area contributed by atoms with Crippen LogP contribution in [-0.4, -0.2) is 18.1 Å². The molecule has 3 aromatic carbocycles. The van der Waals surface area contributed by atoms with Gasteiger partial charge in [0.15, 0.2) is 5.11 Å². The van der Waals surface area contributed by atoms with E-state index in [0.717, 1.165) is 33.7 Å². The van der Waals surface area contributed by atoms with E-state index in [1.165, 1.54) is 0 Å². The summed E-state index contributed by atoms with van der Waals surface area (Å²) in [6, 6.07) is 23.0. The molecule has 1 atom stereocenters. The number of rotatable bonds is 5. The van der Waals surface area contributed by atoms with Gasteiger partial charge in [-0.1, -0.05) is 60.2 Å². The zero-order chi connectivity index (χ0) is 22.7. The van der Waals surface area contributed by atoms with Crippen molar-refractivity contribution in [1.29, 1.82) is 0 Å². The van der Waals surface area contributed by atoms with Crippen LogP contribution in [-0.2, 0) is 4.79 Å². The maximum Gasteiger partial charge on any atom is 0.256 e. The molecule has 1 heterocycles. The van der Waals surface area contributed by atoms with Crippen LogP contribution in [0.1, 0.15) is 28.3 Å². The number of methoxy groups -OCH3 is 1. The second-order valence-electron chi connectivity index (χ2n) is 7.74. The molecule has 32 heavy (non-hydrogen) atoms. The van der Waals surface area contributed by atoms with Crippen molar-refractivity contribution in [2.24, 2.45) is 0 Å². The summed E-state index contributed by atoms with van der Waals surface area (Å²) >= 11 is 5.51. The molecule has 0 bridgehead atoms. The molecule has 1 aliphatic rings. The van der Waals surface area contributed by atoms with Gasteiger partial charge in [-0.3, -0.25) is 4.79 Å². The largest absolute Gasteiger partial charge is 0.496 e. The van der Waals surface area contributed by atoms with E-state index in [0.29, 0.717) is 16.4 Å². The number of benzene rings is 3. The van der Waals surface area contributed by atoms with Crippen LogP contribution in [0.4, 0.5) is 5.69 Å². The quantitative estimate of drug-likeness (QED) is 0.491. The fraction of sp³-hybridized carbons (Fsp3) is 0.154. The Morgan fingerprint density at radius 3 is 2.41 bits per heavy atom. The summed E-state index contributed by atoms with van der Waals surface area (Å²) in [5, 5.41) is 9.98. The third-order valence-electron chi connectivity index (χ3n) is 5.45. The van der Waals surface area contributed by atoms with Crippen LogP contribution in [0.3, 0.4) is 0 Å². The minimum atomic E-state index is -0.445. The van der Waals surface area contributed by atoms with Crippen molar-refractivity contribution < 1.29 is 9.53 Å². The van der Waals surface area contributed by atoms with Gasteiger partial charge in [-0.2, -0.15) is 0 Å². The van der Waals surface area contributed by atoms with E-state index >= 15 is 0 Å². The zero-order valence-corrected chi connectivity index (χ0v) is 19.0. The lowest BCUT2D eigenvalue weighted by Crippen LogP contribution is -2.45. The van der Waals surface area contributed by atoms with E-state index in [-0.39, 0.29) is 5.91 Å². The minimum Gasteiger partial charge on any atom is -0.496 e. The van der Waals surface area contributed by atoms with Gasteiger partial charge in [0.1, 0.15) is 5.75 Å². The first-order valence-electron chi connectivity index (χ1n) is 10.4. The van der Waals surface area contributed by atoms with Gasteiger partial charge in [0.05, 0.1) is 24.4 Å². The van der Waals surface area contributed by atoms with Crippen molar-refractivity contribution in [3.05, 3.63) is 101 Å². The van der Waals surface area contributed by atoms with Gasteiger partial charge in [0.2, 0.25) is 0 Å². The van der Waals surface area contributed by atoms with Gasteiger partial charge in [-0.25, -0.2) is 0 Å². The molecular weight excluding hydrogens is 418 g/mol. The number of hydrogen-bond acceptors (Lipinski definition) is 3. The molecule has 4 rings (SSSR count). The molecule has 0 radical (unpaired) electrons. The van der Waals surface area contributed by atoms with Crippen LogP contribution in [0, 0.1) is 13.8 Å². The fourth-order valence-electron chi connectivity index (χ4n) is 3.74. The number of hydrogen-bond donors (Lipinski definition) is 3. The topological polar surface area (TPSA) is 62.4 Å². The number of anilines is 1. The van der Waals surface area contributed by atoms with Crippen LogP contribution in [0.15, 0.2) is 78.4 Å². The SMILES string of the molecule is COc1cc([C@H]2NC(=S)NC(c3ccccc3)=C2C(=O)Nc2ccc(C)cc2)ccc1C. The third-order valence-corrected chi connectivity index (χ3v) is 5.67. The molecule has 0 saturated heterocycles. The molecule has 0 saturated carbocycles. The van der Waals surface area contributed by atoms with Crippen LogP contribution in [0.5, 0.6) is 5.75 Å². The second kappa shape index (κ2) is 9.24. The molecule has 0 aromatic heterocycles. The fourth-order valence-corrected chi connectivity index (χ4v) is 3.96. The van der Waals surface area contributed by atoms with Crippen molar-refractivity contribution in [3.8, 4) is 5.75 Å². The number of nitrogens with one attached hydrogen (secondary N) is 3. The maximum absolute atomic E-state index is 13.6. The lowest BCUT2D eigenvalue weighted by molar-refractivity contribution is -0.113. The number of amides is 1. The minimum absolute atomic E-state index is 0.209. The Balaban J connectivity index is 1.84. The predicted molar refractivity (Wildman–Crippen MR) is 133 cm³/mol. The van der Waals surface area contributed by atoms with E-state index < -0.39 is 6.04 Å². The Morgan fingerprint density at radius 1 is 1.00 bits per heavy atom. The first kappa shape index (κ1) is 21.6. The predicted octanol–water partition coefficient (Wildman–Crippen LogP) is 4.88. The Kier molecular flexibility index (Phi) is 6.23. The van der Waals surface area contributed by atoms with E-state index in [1.54, 1.807) is 7.11 Å². The number of carbonyl (C=O) groups is 1. The molecule has 1 amide bonds. The summed E-state index contributed by atoms with van der Waals surface area (Å²) in [6.45, 7) is 4.00. The van der Waals surface area contributed by atoms with Crippen molar-refractivity contribution >= 4 is 34.6 Å². The highest BCUT2D eigenvalue weighted by Gasteiger charge is 2.32. The highest BCUT2D eigenvalue weighted by molar-refractivity contribution is 7.80. The molecule has 1 aliphatic heterocycles. The molecule has 0 spiro atoms. The van der Waals surface area contributed by atoms with E-state index in [9.17, 15) is 4.79 Å². The van der Waals surface area contributed by atoms with Gasteiger partial charge < -0.3 is 20.7 Å². The van der Waals surface area contributed by atoms with Crippen molar-refractivity contribution in [1.82, 2.24) is 10.6 Å². The summed E-state index contributed by atoms with van der Waals surface area (Å²) in [6.07, 6.45) is 0. The van der Waals surface area contributed by atoms with Gasteiger partial charge in [0, 0.05) is 5.69 Å². The van der Waals surface area contributed by atoms with Crippen molar-refractivity contribution in [3.63, 3.8) is 0 Å². The second-order valence-corrected chi connectivity index (χ2v) is 8.14. The van der Waals surface area contributed by atoms with Crippen LogP contribution < -0.4 is 20.7 Å². The van der Waals surface area contributed by atoms with E-state index in [2.05, 4.69) is 16.0 Å². The highest BCUT2D eigenvalue weighted by Crippen LogP contribution is 2.34. The third kappa shape index (κ3) is 4.50. The molecule has 0 unspecified atom stereocenters. The van der Waals surface area contributed by atoms with Gasteiger partial charge in [-0.05, 0) is 61.0 Å². The van der Waals surface area contributed by atoms with Crippen LogP contribution in [0.25, 0.3) is 5.70 Å². The molecule has 3 N–H and O–H groups in total. The van der Waals surface area contributed by atoms with Crippen LogP contribution >= 0.6 is 12.2 Å². The first-order chi connectivity index (χ1) is 15.5. The average molecular weight is 444 g/mol. The lowest BCUT2D eigenvalue weighted by atomic mass is 9.91. The van der Waals surface area contributed by atoms with Gasteiger partial charge >= 0.3 is 0 Å². The number of aryl methyl sites for hydroxylation is 2. The van der Waals surface area contributed by atoms with Gasteiger partial charge in [-0.15, -0.1) is 0 Å². The van der Waals surface area contributed by atoms with Crippen molar-refractivity contribution in [2.45, 2.75) is 19.9 Å². The summed E-state index contributed by atoms with van der Waals surface area (Å²) in [5.74, 6) is 0.549. The lowest BCUT2D eigenvalue weighted by Gasteiger charge is -2.32. The number of thiocarbonyl (C=S) groups is 1. The first-order valence-corrected chi connectivity index (χ1v) is 10.8. The van der Waals surface area contributed by atoms with E-state index in [1.807, 2.05) is 86.6 Å². The number of carbonyl (C=O) groups excluding carboxylic acids is 1. The summed E-state index contributed by atoms with van der Waals surface area (Å²) < 4.78 is 5.52. The smallest absolute Gasteiger partial charge is 0.256 e. The molecule has 6 heteroatoms. The monoisotopic (exact) mass is 443 g/mol. The highest BCUT2D eigenvalue weighted by atomic mass is 32.1. The Morgan fingerprint density at radius 2 is 1.72 bits per heavy atom. The number of ether oxygens (including phenoxy) is 1. The summed E-state index contributed by atoms with van der Waals surface area (Å²) in [5.41, 5.74) is 5.88. The van der Waals surface area contributed by atoms with Crippen LogP contribution in [0.2, 0.25) is 0 Å². The standard InChI is InChI=1S/C26H25N3O2S/c1-16-9-13-20(14-10-16)27-25(30)22-23(18-7-5-4-6-8-18)28-26(32)29-24(22)19-12-11-17(2)21(15-19)31-3/h4-15,24H,1-3H3,(H,27,30)(H2,28,29,32)/t24-/m1/s1. The maximum atomic E-state index is 13.6. The average Bonchev–Trinajstić information content (AvgIpc) is 2.81. The Hall–Kier alpha value is -3.64. The molecule has 162 valence electrons. The Bertz CT molecular complexity index is 1190. The zero-order valence-electron chi connectivity index (χ0n) is 18.2. The molecule has 5 nitrogen and oxygen atoms in total. The molecule has 3 aromatic rings. The normalized spacial score (nSPS) is 15.6. The summed E-state index contributed by atoms with van der Waals surface area (Å²) in [7, 11) is 1.64. The summed E-state index contributed by atoms with van der Waals surface area (Å²) in [4.78, 5) is 13.6.